The highest BCUT2D eigenvalue weighted by Crippen LogP contribution is 2.42. The van der Waals surface area contributed by atoms with Crippen LogP contribution >= 0.6 is 35.4 Å². The zero-order valence-electron chi connectivity index (χ0n) is 13.1. The Morgan fingerprint density at radius 2 is 2.00 bits per heavy atom. The zero-order chi connectivity index (χ0) is 18.1. The van der Waals surface area contributed by atoms with Crippen LogP contribution in [0.5, 0.6) is 0 Å². The van der Waals surface area contributed by atoms with Gasteiger partial charge in [-0.25, -0.2) is 14.7 Å². The summed E-state index contributed by atoms with van der Waals surface area (Å²) < 4.78 is 5.21. The first-order valence-corrected chi connectivity index (χ1v) is 8.43. The van der Waals surface area contributed by atoms with Gasteiger partial charge in [-0.2, -0.15) is 0 Å². The number of hydrogen-bond donors (Lipinski definition) is 1. The number of halogens is 2. The van der Waals surface area contributed by atoms with Gasteiger partial charge >= 0.3 is 6.09 Å². The van der Waals surface area contributed by atoms with Gasteiger partial charge in [-0.15, -0.1) is 0 Å². The number of anilines is 2. The first-order chi connectivity index (χ1) is 11.9. The lowest BCUT2D eigenvalue weighted by Gasteiger charge is -2.37. The molecule has 1 aromatic heterocycles. The Labute approximate surface area is 160 Å². The van der Waals surface area contributed by atoms with E-state index in [2.05, 4.69) is 16.9 Å². The fraction of sp³-hybridized carbons (Fsp3) is 0.118. The highest BCUT2D eigenvalue weighted by molar-refractivity contribution is 7.80. The molecule has 0 radical (unpaired) electrons. The summed E-state index contributed by atoms with van der Waals surface area (Å²) in [6.07, 6.45) is 0.901. The van der Waals surface area contributed by atoms with Gasteiger partial charge in [-0.3, -0.25) is 0 Å². The lowest BCUT2D eigenvalue weighted by molar-refractivity contribution is 0.183. The van der Waals surface area contributed by atoms with Gasteiger partial charge in [0.05, 0.1) is 11.4 Å². The molecule has 1 aliphatic rings. The van der Waals surface area contributed by atoms with Crippen molar-refractivity contribution in [2.24, 2.45) is 0 Å². The van der Waals surface area contributed by atoms with Crippen molar-refractivity contribution in [1.82, 2.24) is 4.98 Å². The molecular weight excluding hydrogens is 381 g/mol. The molecule has 0 saturated carbocycles. The van der Waals surface area contributed by atoms with E-state index in [9.17, 15) is 4.79 Å². The lowest BCUT2D eigenvalue weighted by atomic mass is 10.0. The summed E-state index contributed by atoms with van der Waals surface area (Å²) in [6, 6.07) is 7.82. The smallest absolute Gasteiger partial charge is 0.415 e. The topological polar surface area (TPSA) is 54.5 Å². The molecular formula is C17H13Cl2N3O2S. The van der Waals surface area contributed by atoms with Gasteiger partial charge < -0.3 is 10.1 Å². The van der Waals surface area contributed by atoms with Crippen molar-refractivity contribution in [3.63, 3.8) is 0 Å². The molecule has 3 rings (SSSR count). The van der Waals surface area contributed by atoms with Crippen LogP contribution < -0.4 is 10.2 Å². The number of aromatic nitrogens is 1. The number of fused-ring (bicyclic) bond motifs is 1. The summed E-state index contributed by atoms with van der Waals surface area (Å²) in [5, 5.41) is 3.85. The van der Waals surface area contributed by atoms with Crippen molar-refractivity contribution < 1.29 is 9.53 Å². The quantitative estimate of drug-likeness (QED) is 0.549. The Morgan fingerprint density at radius 1 is 1.32 bits per heavy atom. The summed E-state index contributed by atoms with van der Waals surface area (Å²) in [5.74, 6) is 0.610. The third-order valence-corrected chi connectivity index (χ3v) is 4.50. The Morgan fingerprint density at radius 3 is 2.64 bits per heavy atom. The number of ether oxygens (including phenoxy) is 1. The molecule has 5 nitrogen and oxygen atoms in total. The number of thiocarbonyl (C=S) groups is 1. The van der Waals surface area contributed by atoms with Crippen molar-refractivity contribution in [2.75, 3.05) is 10.2 Å². The molecule has 1 aromatic carbocycles. The van der Waals surface area contributed by atoms with Gasteiger partial charge in [0.15, 0.2) is 5.82 Å². The third kappa shape index (κ3) is 3.33. The highest BCUT2D eigenvalue weighted by Gasteiger charge is 2.39. The third-order valence-electron chi connectivity index (χ3n) is 3.51. The number of carbonyl (C=O) groups excluding carboxylic acids is 1. The maximum Gasteiger partial charge on any atom is 0.421 e. The Bertz CT molecular complexity index is 868. The monoisotopic (exact) mass is 393 g/mol. The van der Waals surface area contributed by atoms with Gasteiger partial charge in [0.1, 0.15) is 11.0 Å². The van der Waals surface area contributed by atoms with E-state index in [0.717, 1.165) is 0 Å². The summed E-state index contributed by atoms with van der Waals surface area (Å²) in [6.45, 7) is 5.19. The summed E-state index contributed by atoms with van der Waals surface area (Å²) in [7, 11) is 0. The van der Waals surface area contributed by atoms with Crippen LogP contribution in [0.1, 0.15) is 18.5 Å². The van der Waals surface area contributed by atoms with Crippen LogP contribution in [0.25, 0.3) is 0 Å². The van der Waals surface area contributed by atoms with Gasteiger partial charge in [0.25, 0.3) is 0 Å². The number of allylic oxidation sites excluding steroid dienone is 1. The SMILES string of the molecule is C=C(C)OC(=O)N1c2ncccc2NC(=S)C1c1c(Cl)cccc1Cl. The average molecular weight is 394 g/mol. The van der Waals surface area contributed by atoms with E-state index in [0.29, 0.717) is 32.1 Å². The van der Waals surface area contributed by atoms with Gasteiger partial charge in [-0.1, -0.05) is 48.1 Å². The van der Waals surface area contributed by atoms with E-state index in [1.54, 1.807) is 43.5 Å². The van der Waals surface area contributed by atoms with E-state index in [1.807, 2.05) is 0 Å². The maximum atomic E-state index is 12.8. The van der Waals surface area contributed by atoms with Crippen LogP contribution in [-0.2, 0) is 4.74 Å². The number of rotatable bonds is 2. The predicted molar refractivity (Wildman–Crippen MR) is 103 cm³/mol. The van der Waals surface area contributed by atoms with Crippen molar-refractivity contribution in [3.8, 4) is 0 Å². The standard InChI is InChI=1S/C17H13Cl2N3O2S/c1-9(2)24-17(23)22-14(13-10(18)5-3-6-11(13)19)16(25)21-12-7-4-8-20-15(12)22/h3-8,14H,1H2,2H3,(H,21,25). The zero-order valence-corrected chi connectivity index (χ0v) is 15.5. The molecule has 1 N–H and O–H groups in total. The molecule has 2 aromatic rings. The Hall–Kier alpha value is -2.15. The number of carbonyl (C=O) groups is 1. The number of nitrogens with zero attached hydrogens (tertiary/aromatic N) is 2. The van der Waals surface area contributed by atoms with Crippen LogP contribution in [0.3, 0.4) is 0 Å². The average Bonchev–Trinajstić information content (AvgIpc) is 2.54. The van der Waals surface area contributed by atoms with Crippen LogP contribution in [-0.4, -0.2) is 16.1 Å². The van der Waals surface area contributed by atoms with Crippen LogP contribution in [0, 0.1) is 0 Å². The fourth-order valence-corrected chi connectivity index (χ4v) is 3.49. The molecule has 1 unspecified atom stereocenters. The molecule has 1 aliphatic heterocycles. The minimum absolute atomic E-state index is 0.246. The number of benzene rings is 1. The molecule has 0 spiro atoms. The molecule has 0 aliphatic carbocycles. The second-order valence-electron chi connectivity index (χ2n) is 5.34. The molecule has 0 fully saturated rings. The molecule has 25 heavy (non-hydrogen) atoms. The molecule has 8 heteroatoms. The molecule has 0 bridgehead atoms. The molecule has 1 atom stereocenters. The van der Waals surface area contributed by atoms with E-state index in [4.69, 9.17) is 40.2 Å². The molecule has 2 heterocycles. The van der Waals surface area contributed by atoms with Gasteiger partial charge in [0, 0.05) is 21.8 Å². The number of pyridine rings is 1. The predicted octanol–water partition coefficient (Wildman–Crippen LogP) is 5.36. The summed E-state index contributed by atoms with van der Waals surface area (Å²) >= 11 is 18.2. The first-order valence-electron chi connectivity index (χ1n) is 7.26. The van der Waals surface area contributed by atoms with E-state index < -0.39 is 12.1 Å². The van der Waals surface area contributed by atoms with Crippen molar-refractivity contribution in [3.05, 3.63) is 64.5 Å². The Kier molecular flexibility index (Phi) is 4.94. The second kappa shape index (κ2) is 7.00. The summed E-state index contributed by atoms with van der Waals surface area (Å²) in [5.41, 5.74) is 1.09. The minimum Gasteiger partial charge on any atom is -0.415 e. The molecule has 0 saturated heterocycles. The van der Waals surface area contributed by atoms with Gasteiger partial charge in [0.2, 0.25) is 0 Å². The number of hydrogen-bond acceptors (Lipinski definition) is 4. The normalized spacial score (nSPS) is 16.0. The summed E-state index contributed by atoms with van der Waals surface area (Å²) in [4.78, 5) is 18.7. The number of nitrogens with one attached hydrogen (secondary N) is 1. The van der Waals surface area contributed by atoms with Crippen LogP contribution in [0.4, 0.5) is 16.3 Å². The fourth-order valence-electron chi connectivity index (χ4n) is 2.55. The number of amides is 1. The molecule has 1 amide bonds. The minimum atomic E-state index is -0.759. The van der Waals surface area contributed by atoms with Gasteiger partial charge in [-0.05, 0) is 31.2 Å². The lowest BCUT2D eigenvalue weighted by Crippen LogP contribution is -2.45. The van der Waals surface area contributed by atoms with Crippen molar-refractivity contribution >= 4 is 58.0 Å². The first kappa shape index (κ1) is 17.7. The Balaban J connectivity index is 2.20. The van der Waals surface area contributed by atoms with Crippen molar-refractivity contribution in [1.29, 1.82) is 0 Å². The highest BCUT2D eigenvalue weighted by atomic mass is 35.5. The van der Waals surface area contributed by atoms with E-state index in [1.165, 1.54) is 4.90 Å². The van der Waals surface area contributed by atoms with Crippen LogP contribution in [0.15, 0.2) is 48.9 Å². The van der Waals surface area contributed by atoms with E-state index in [-0.39, 0.29) is 5.76 Å². The molecule has 128 valence electrons. The maximum absolute atomic E-state index is 12.8. The van der Waals surface area contributed by atoms with Crippen LogP contribution in [0.2, 0.25) is 10.0 Å². The van der Waals surface area contributed by atoms with Crippen molar-refractivity contribution in [2.45, 2.75) is 13.0 Å². The van der Waals surface area contributed by atoms with E-state index >= 15 is 0 Å². The largest absolute Gasteiger partial charge is 0.421 e. The second-order valence-corrected chi connectivity index (χ2v) is 6.60.